The van der Waals surface area contributed by atoms with Crippen molar-refractivity contribution in [3.8, 4) is 5.75 Å². The van der Waals surface area contributed by atoms with Crippen LogP contribution in [0.2, 0.25) is 0 Å². The number of rotatable bonds is 5. The predicted octanol–water partition coefficient (Wildman–Crippen LogP) is 1.71. The van der Waals surface area contributed by atoms with Gasteiger partial charge in [0, 0.05) is 25.1 Å². The van der Waals surface area contributed by atoms with Crippen LogP contribution in [0.5, 0.6) is 5.75 Å². The van der Waals surface area contributed by atoms with Crippen molar-refractivity contribution in [3.63, 3.8) is 0 Å². The van der Waals surface area contributed by atoms with Gasteiger partial charge in [-0.3, -0.25) is 9.59 Å². The Labute approximate surface area is 112 Å². The molecule has 0 saturated heterocycles. The molecule has 1 aromatic rings. The molecule has 0 aliphatic heterocycles. The summed E-state index contributed by atoms with van der Waals surface area (Å²) in [7, 11) is 1.60. The Kier molecular flexibility index (Phi) is 4.92. The van der Waals surface area contributed by atoms with Crippen molar-refractivity contribution >= 4 is 11.9 Å². The first-order valence-corrected chi connectivity index (χ1v) is 6.09. The van der Waals surface area contributed by atoms with Gasteiger partial charge < -0.3 is 15.1 Å². The maximum absolute atomic E-state index is 12.1. The molecule has 0 fully saturated rings. The summed E-state index contributed by atoms with van der Waals surface area (Å²) in [6, 6.07) is 6.76. The van der Waals surface area contributed by atoms with Gasteiger partial charge in [0.2, 0.25) is 5.91 Å². The molecule has 0 saturated carbocycles. The zero-order valence-electron chi connectivity index (χ0n) is 11.3. The number of carboxylic acid groups (broad SMARTS) is 1. The van der Waals surface area contributed by atoms with Gasteiger partial charge in [-0.25, -0.2) is 0 Å². The highest BCUT2D eigenvalue weighted by Crippen LogP contribution is 2.20. The molecule has 2 atom stereocenters. The van der Waals surface area contributed by atoms with Gasteiger partial charge in [0.15, 0.2) is 0 Å². The SMILES string of the molecule is CC(C(=O)O)C(C)C(=O)N(C)Cc1ccccc1O. The fraction of sp³-hybridized carbons (Fsp3) is 0.429. The minimum absolute atomic E-state index is 0.126. The Bertz CT molecular complexity index is 472. The second-order valence-electron chi connectivity index (χ2n) is 4.74. The number of nitrogens with zero attached hydrogens (tertiary/aromatic N) is 1. The third kappa shape index (κ3) is 3.71. The normalized spacial score (nSPS) is 13.6. The van der Waals surface area contributed by atoms with Gasteiger partial charge in [0.25, 0.3) is 0 Å². The van der Waals surface area contributed by atoms with E-state index in [-0.39, 0.29) is 18.2 Å². The Morgan fingerprint density at radius 3 is 2.32 bits per heavy atom. The molecule has 0 heterocycles. The molecule has 0 aliphatic carbocycles. The average Bonchev–Trinajstić information content (AvgIpc) is 2.38. The fourth-order valence-electron chi connectivity index (χ4n) is 1.75. The zero-order valence-corrected chi connectivity index (χ0v) is 11.3. The van der Waals surface area contributed by atoms with E-state index >= 15 is 0 Å². The number of amides is 1. The van der Waals surface area contributed by atoms with E-state index < -0.39 is 17.8 Å². The van der Waals surface area contributed by atoms with E-state index in [1.165, 1.54) is 11.8 Å². The summed E-state index contributed by atoms with van der Waals surface area (Å²) in [6.45, 7) is 3.36. The number of hydrogen-bond acceptors (Lipinski definition) is 3. The summed E-state index contributed by atoms with van der Waals surface area (Å²) in [5.74, 6) is -2.45. The Morgan fingerprint density at radius 2 is 1.79 bits per heavy atom. The molecule has 104 valence electrons. The van der Waals surface area contributed by atoms with Crippen LogP contribution in [0.15, 0.2) is 24.3 Å². The molecule has 5 nitrogen and oxygen atoms in total. The topological polar surface area (TPSA) is 77.8 Å². The third-order valence-corrected chi connectivity index (χ3v) is 3.30. The summed E-state index contributed by atoms with van der Waals surface area (Å²) in [5.41, 5.74) is 0.633. The van der Waals surface area contributed by atoms with Gasteiger partial charge in [-0.1, -0.05) is 32.0 Å². The van der Waals surface area contributed by atoms with E-state index in [0.717, 1.165) is 0 Å². The second-order valence-corrected chi connectivity index (χ2v) is 4.74. The summed E-state index contributed by atoms with van der Waals surface area (Å²) >= 11 is 0. The number of carbonyl (C=O) groups excluding carboxylic acids is 1. The van der Waals surface area contributed by atoms with Crippen LogP contribution in [0, 0.1) is 11.8 Å². The summed E-state index contributed by atoms with van der Waals surface area (Å²) in [6.07, 6.45) is 0. The molecule has 1 aromatic carbocycles. The Balaban J connectivity index is 2.73. The minimum Gasteiger partial charge on any atom is -0.508 e. The average molecular weight is 265 g/mol. The van der Waals surface area contributed by atoms with E-state index in [9.17, 15) is 14.7 Å². The van der Waals surface area contributed by atoms with Crippen molar-refractivity contribution in [3.05, 3.63) is 29.8 Å². The molecule has 0 bridgehead atoms. The predicted molar refractivity (Wildman–Crippen MR) is 70.5 cm³/mol. The number of phenols is 1. The highest BCUT2D eigenvalue weighted by molar-refractivity contribution is 5.84. The lowest BCUT2D eigenvalue weighted by atomic mass is 9.94. The van der Waals surface area contributed by atoms with Crippen LogP contribution in [0.1, 0.15) is 19.4 Å². The Morgan fingerprint density at radius 1 is 1.21 bits per heavy atom. The molecule has 0 radical (unpaired) electrons. The van der Waals surface area contributed by atoms with Crippen LogP contribution < -0.4 is 0 Å². The molecule has 1 rings (SSSR count). The first kappa shape index (κ1) is 15.0. The van der Waals surface area contributed by atoms with Gasteiger partial charge in [0.1, 0.15) is 5.75 Å². The Hall–Kier alpha value is -2.04. The van der Waals surface area contributed by atoms with Gasteiger partial charge in [-0.15, -0.1) is 0 Å². The van der Waals surface area contributed by atoms with Gasteiger partial charge in [-0.2, -0.15) is 0 Å². The molecular formula is C14H19NO4. The van der Waals surface area contributed by atoms with Crippen molar-refractivity contribution in [1.82, 2.24) is 4.90 Å². The van der Waals surface area contributed by atoms with Crippen LogP contribution in [-0.4, -0.2) is 34.0 Å². The van der Waals surface area contributed by atoms with Crippen LogP contribution in [0.4, 0.5) is 0 Å². The first-order valence-electron chi connectivity index (χ1n) is 6.09. The lowest BCUT2D eigenvalue weighted by Crippen LogP contribution is -2.36. The van der Waals surface area contributed by atoms with Gasteiger partial charge >= 0.3 is 5.97 Å². The highest BCUT2D eigenvalue weighted by Gasteiger charge is 2.28. The lowest BCUT2D eigenvalue weighted by Gasteiger charge is -2.23. The van der Waals surface area contributed by atoms with E-state index in [1.54, 1.807) is 38.2 Å². The lowest BCUT2D eigenvalue weighted by molar-refractivity contribution is -0.148. The molecule has 2 unspecified atom stereocenters. The van der Waals surface area contributed by atoms with E-state index in [0.29, 0.717) is 5.56 Å². The number of para-hydroxylation sites is 1. The summed E-state index contributed by atoms with van der Waals surface area (Å²) in [4.78, 5) is 24.4. The maximum Gasteiger partial charge on any atom is 0.307 e. The summed E-state index contributed by atoms with van der Waals surface area (Å²) in [5, 5.41) is 18.6. The molecule has 5 heteroatoms. The number of hydrogen-bond donors (Lipinski definition) is 2. The molecule has 0 spiro atoms. The minimum atomic E-state index is -0.989. The van der Waals surface area contributed by atoms with Crippen LogP contribution in [0.25, 0.3) is 0 Å². The van der Waals surface area contributed by atoms with Crippen LogP contribution in [-0.2, 0) is 16.1 Å². The monoisotopic (exact) mass is 265 g/mol. The van der Waals surface area contributed by atoms with Crippen molar-refractivity contribution in [2.45, 2.75) is 20.4 Å². The van der Waals surface area contributed by atoms with E-state index in [2.05, 4.69) is 0 Å². The van der Waals surface area contributed by atoms with E-state index in [4.69, 9.17) is 5.11 Å². The maximum atomic E-state index is 12.1. The fourth-order valence-corrected chi connectivity index (χ4v) is 1.75. The van der Waals surface area contributed by atoms with Crippen molar-refractivity contribution < 1.29 is 19.8 Å². The second kappa shape index (κ2) is 6.22. The van der Waals surface area contributed by atoms with Gasteiger partial charge in [-0.05, 0) is 6.07 Å². The van der Waals surface area contributed by atoms with Crippen molar-refractivity contribution in [2.75, 3.05) is 7.05 Å². The number of benzene rings is 1. The molecule has 0 aromatic heterocycles. The summed E-state index contributed by atoms with van der Waals surface area (Å²) < 4.78 is 0. The number of carboxylic acids is 1. The standard InChI is InChI=1S/C14H19NO4/c1-9(10(2)14(18)19)13(17)15(3)8-11-6-4-5-7-12(11)16/h4-7,9-10,16H,8H2,1-3H3,(H,18,19). The smallest absolute Gasteiger partial charge is 0.307 e. The largest absolute Gasteiger partial charge is 0.508 e. The molecule has 19 heavy (non-hydrogen) atoms. The number of aliphatic carboxylic acids is 1. The number of carbonyl (C=O) groups is 2. The van der Waals surface area contributed by atoms with Crippen molar-refractivity contribution in [2.24, 2.45) is 11.8 Å². The van der Waals surface area contributed by atoms with E-state index in [1.807, 2.05) is 0 Å². The van der Waals surface area contributed by atoms with Crippen LogP contribution >= 0.6 is 0 Å². The molecule has 1 amide bonds. The van der Waals surface area contributed by atoms with Gasteiger partial charge in [0.05, 0.1) is 5.92 Å². The molecular weight excluding hydrogens is 246 g/mol. The van der Waals surface area contributed by atoms with Crippen molar-refractivity contribution in [1.29, 1.82) is 0 Å². The zero-order chi connectivity index (χ0) is 14.6. The van der Waals surface area contributed by atoms with Crippen LogP contribution in [0.3, 0.4) is 0 Å². The third-order valence-electron chi connectivity index (χ3n) is 3.30. The number of aromatic hydroxyl groups is 1. The first-order chi connectivity index (χ1) is 8.84. The molecule has 2 N–H and O–H groups in total. The number of phenolic OH excluding ortho intramolecular Hbond substituents is 1. The molecule has 0 aliphatic rings. The highest BCUT2D eigenvalue weighted by atomic mass is 16.4. The quantitative estimate of drug-likeness (QED) is 0.849.